The summed E-state index contributed by atoms with van der Waals surface area (Å²) in [6.07, 6.45) is -1.53. The molecule has 0 spiro atoms. The van der Waals surface area contributed by atoms with Gasteiger partial charge in [0.1, 0.15) is 43.1 Å². The Morgan fingerprint density at radius 3 is 2.22 bits per heavy atom. The molecule has 4 atom stereocenters. The molecule has 1 aliphatic rings. The molecule has 0 aromatic carbocycles. The third-order valence-corrected chi connectivity index (χ3v) is 5.03. The van der Waals surface area contributed by atoms with E-state index in [0.29, 0.717) is 0 Å². The van der Waals surface area contributed by atoms with Crippen molar-refractivity contribution in [1.82, 2.24) is 14.5 Å². The Morgan fingerprint density at radius 1 is 1.30 bits per heavy atom. The molecule has 2 heterocycles. The standard InChI is InChI=1S/C8H18B6N4O5/c9-2-16-3(15)17-4(20)18(2)6(11)1(19)5(10,21)7(12,23-6)8(13,14)22/h1,19,21-22H,9-14H2,(H2,15,17,20)/t1-,5?,6-,7?/m0/s1. The Hall–Kier alpha value is -1.16. The van der Waals surface area contributed by atoms with Crippen LogP contribution in [0.25, 0.3) is 0 Å². The largest absolute Gasteiger partial charge is 0.405 e. The normalized spacial score (nSPS) is 37.8. The van der Waals surface area contributed by atoms with E-state index >= 15 is 0 Å². The molecule has 0 radical (unpaired) electrons. The van der Waals surface area contributed by atoms with Gasteiger partial charge in [-0.3, -0.25) is 4.57 Å². The van der Waals surface area contributed by atoms with Gasteiger partial charge in [0, 0.05) is 5.40 Å². The summed E-state index contributed by atoms with van der Waals surface area (Å²) in [4.78, 5) is 19.7. The Kier molecular flexibility index (Phi) is 3.89. The van der Waals surface area contributed by atoms with Crippen LogP contribution in [0.2, 0.25) is 0 Å². The van der Waals surface area contributed by atoms with Crippen molar-refractivity contribution in [3.63, 3.8) is 0 Å². The van der Waals surface area contributed by atoms with E-state index in [2.05, 4.69) is 9.97 Å². The van der Waals surface area contributed by atoms with Gasteiger partial charge in [-0.2, -0.15) is 4.98 Å². The van der Waals surface area contributed by atoms with Gasteiger partial charge in [0.25, 0.3) is 0 Å². The number of aliphatic hydroxyl groups is 3. The summed E-state index contributed by atoms with van der Waals surface area (Å²) in [6.45, 7) is 0. The number of aliphatic hydroxyl groups excluding tert-OH is 1. The zero-order valence-electron chi connectivity index (χ0n) is 14.2. The van der Waals surface area contributed by atoms with Gasteiger partial charge >= 0.3 is 5.69 Å². The summed E-state index contributed by atoms with van der Waals surface area (Å²) in [5.41, 5.74) is -0.261. The van der Waals surface area contributed by atoms with Crippen LogP contribution in [0.3, 0.4) is 0 Å². The predicted octanol–water partition coefficient (Wildman–Crippen LogP) is -10.3. The molecule has 2 unspecified atom stereocenters. The van der Waals surface area contributed by atoms with Gasteiger partial charge in [0.2, 0.25) is 5.95 Å². The highest BCUT2D eigenvalue weighted by atomic mass is 16.6. The number of nitrogens with two attached hydrogens (primary N) is 1. The molecule has 0 saturated carbocycles. The van der Waals surface area contributed by atoms with Crippen molar-refractivity contribution in [2.45, 2.75) is 28.1 Å². The van der Waals surface area contributed by atoms with Crippen molar-refractivity contribution in [2.24, 2.45) is 0 Å². The van der Waals surface area contributed by atoms with E-state index in [1.54, 1.807) is 0 Å². The van der Waals surface area contributed by atoms with Crippen LogP contribution in [0.15, 0.2) is 4.79 Å². The van der Waals surface area contributed by atoms with Gasteiger partial charge in [-0.15, -0.1) is 0 Å². The molecule has 0 aliphatic carbocycles. The molecule has 9 nitrogen and oxygen atoms in total. The van der Waals surface area contributed by atoms with Crippen LogP contribution in [-0.2, 0) is 10.4 Å². The van der Waals surface area contributed by atoms with Crippen LogP contribution in [-0.4, -0.2) is 99.4 Å². The minimum absolute atomic E-state index is 0.167. The Morgan fingerprint density at radius 2 is 1.83 bits per heavy atom. The van der Waals surface area contributed by atoms with Gasteiger partial charge in [-0.05, 0) is 0 Å². The molecule has 23 heavy (non-hydrogen) atoms. The summed E-state index contributed by atoms with van der Waals surface area (Å²) in [5.74, 6) is -0.197. The van der Waals surface area contributed by atoms with E-state index in [9.17, 15) is 20.1 Å². The fraction of sp³-hybridized carbons (Fsp3) is 0.625. The highest BCUT2D eigenvalue weighted by molar-refractivity contribution is 6.46. The number of aromatic nitrogens is 3. The lowest BCUT2D eigenvalue weighted by atomic mass is 9.41. The Balaban J connectivity index is 2.73. The third-order valence-electron chi connectivity index (χ3n) is 5.03. The van der Waals surface area contributed by atoms with Crippen LogP contribution in [0.5, 0.6) is 0 Å². The van der Waals surface area contributed by atoms with E-state index in [-0.39, 0.29) is 11.7 Å². The lowest BCUT2D eigenvalue weighted by Gasteiger charge is -2.46. The molecule has 1 aromatic rings. The number of anilines is 1. The first-order chi connectivity index (χ1) is 10.2. The van der Waals surface area contributed by atoms with Gasteiger partial charge in [-0.1, -0.05) is 0 Å². The van der Waals surface area contributed by atoms with Crippen molar-refractivity contribution >= 4 is 58.7 Å². The van der Waals surface area contributed by atoms with E-state index in [4.69, 9.17) is 10.5 Å². The molecule has 1 aromatic heterocycles. The zero-order chi connectivity index (χ0) is 18.0. The maximum absolute atomic E-state index is 12.3. The summed E-state index contributed by atoms with van der Waals surface area (Å²) in [6, 6.07) is 0. The molecule has 1 fully saturated rings. The van der Waals surface area contributed by atoms with Crippen LogP contribution in [0, 0.1) is 0 Å². The second-order valence-electron chi connectivity index (χ2n) is 7.05. The lowest BCUT2D eigenvalue weighted by Crippen LogP contribution is -2.70. The molecule has 1 aliphatic heterocycles. The lowest BCUT2D eigenvalue weighted by molar-refractivity contribution is -0.130. The number of nitrogens with zero attached hydrogens (tertiary/aromatic N) is 3. The topological polar surface area (TPSA) is 144 Å². The second kappa shape index (κ2) is 4.92. The van der Waals surface area contributed by atoms with Crippen molar-refractivity contribution < 1.29 is 20.1 Å². The van der Waals surface area contributed by atoms with E-state index in [1.807, 2.05) is 0 Å². The number of ether oxygens (including phenoxy) is 1. The molecule has 0 amide bonds. The SMILES string of the molecule is Bc1nc(N)nc(=O)n1[C@]1(B)OC(B)(C(B)(B)O)C(B)(O)[C@@H]1O. The van der Waals surface area contributed by atoms with Crippen molar-refractivity contribution in [3.8, 4) is 0 Å². The minimum atomic E-state index is -1.85. The molecule has 1 saturated heterocycles. The zero-order valence-corrected chi connectivity index (χ0v) is 14.2. The minimum Gasteiger partial charge on any atom is -0.405 e. The van der Waals surface area contributed by atoms with Gasteiger partial charge < -0.3 is 25.8 Å². The molecule has 118 valence electrons. The Bertz CT molecular complexity index is 709. The molecule has 0 bridgehead atoms. The Labute approximate surface area is 138 Å². The summed E-state index contributed by atoms with van der Waals surface area (Å²) >= 11 is 0. The van der Waals surface area contributed by atoms with E-state index < -0.39 is 33.8 Å². The molecular formula is C8H18B6N4O5. The first kappa shape index (κ1) is 18.2. The van der Waals surface area contributed by atoms with Crippen molar-refractivity contribution in [3.05, 3.63) is 10.5 Å². The molecule has 5 N–H and O–H groups in total. The first-order valence-electron chi connectivity index (χ1n) is 7.25. The van der Waals surface area contributed by atoms with E-state index in [1.165, 1.54) is 47.1 Å². The van der Waals surface area contributed by atoms with Crippen LogP contribution in [0.4, 0.5) is 5.95 Å². The monoisotopic (exact) mass is 316 g/mol. The average Bonchev–Trinajstić information content (AvgIpc) is 2.47. The highest BCUT2D eigenvalue weighted by Gasteiger charge is 2.69. The smallest absolute Gasteiger partial charge is 0.353 e. The highest BCUT2D eigenvalue weighted by Crippen LogP contribution is 2.46. The maximum Gasteiger partial charge on any atom is 0.353 e. The second-order valence-corrected chi connectivity index (χ2v) is 7.05. The third kappa shape index (κ3) is 2.29. The number of rotatable bonds is 2. The number of hydrogen-bond donors (Lipinski definition) is 4. The first-order valence-corrected chi connectivity index (χ1v) is 7.25. The van der Waals surface area contributed by atoms with Gasteiger partial charge in [0.05, 0.1) is 16.7 Å². The fourth-order valence-corrected chi connectivity index (χ4v) is 3.31. The predicted molar refractivity (Wildman–Crippen MR) is 99.3 cm³/mol. The van der Waals surface area contributed by atoms with E-state index in [0.717, 1.165) is 4.57 Å². The summed E-state index contributed by atoms with van der Waals surface area (Å²) < 4.78 is 6.94. The summed E-state index contributed by atoms with van der Waals surface area (Å²) in [7, 11) is 8.66. The number of hydrogen-bond acceptors (Lipinski definition) is 8. The van der Waals surface area contributed by atoms with Crippen LogP contribution in [0.1, 0.15) is 0 Å². The molecule has 15 heteroatoms. The summed E-state index contributed by atoms with van der Waals surface area (Å²) in [5, 5.41) is 30.5. The van der Waals surface area contributed by atoms with Crippen LogP contribution < -0.4 is 17.1 Å². The van der Waals surface area contributed by atoms with Gasteiger partial charge in [-0.25, -0.2) is 9.78 Å². The maximum atomic E-state index is 12.3. The number of nitrogen functional groups attached to an aromatic ring is 1. The van der Waals surface area contributed by atoms with Gasteiger partial charge in [0.15, 0.2) is 15.7 Å². The average molecular weight is 315 g/mol. The fourth-order valence-electron chi connectivity index (χ4n) is 3.31. The van der Waals surface area contributed by atoms with Crippen LogP contribution >= 0.6 is 0 Å². The van der Waals surface area contributed by atoms with Crippen molar-refractivity contribution in [1.29, 1.82) is 0 Å². The van der Waals surface area contributed by atoms with Crippen molar-refractivity contribution in [2.75, 3.05) is 5.73 Å². The molecule has 2 rings (SSSR count). The quantitative estimate of drug-likeness (QED) is 0.394. The molecular weight excluding hydrogens is 297 g/mol.